The van der Waals surface area contributed by atoms with E-state index in [1.54, 1.807) is 0 Å². The van der Waals surface area contributed by atoms with E-state index in [4.69, 9.17) is 4.74 Å². The van der Waals surface area contributed by atoms with Crippen molar-refractivity contribution in [3.63, 3.8) is 0 Å². The Bertz CT molecular complexity index is 530. The van der Waals surface area contributed by atoms with E-state index in [0.717, 1.165) is 39.0 Å². The molecule has 3 aliphatic heterocycles. The molecule has 29 heavy (non-hydrogen) atoms. The molecule has 0 bridgehead atoms. The molecule has 1 aliphatic carbocycles. The molecule has 1 atom stereocenters. The van der Waals surface area contributed by atoms with Gasteiger partial charge in [-0.3, -0.25) is 14.6 Å². The van der Waals surface area contributed by atoms with Crippen molar-refractivity contribution in [1.82, 2.24) is 14.7 Å². The molecule has 1 saturated carbocycles. The van der Waals surface area contributed by atoms with Gasteiger partial charge < -0.3 is 9.64 Å². The number of piperidine rings is 1. The summed E-state index contributed by atoms with van der Waals surface area (Å²) >= 11 is 0. The first kappa shape index (κ1) is 21.6. The van der Waals surface area contributed by atoms with Crippen LogP contribution in [0.5, 0.6) is 0 Å². The van der Waals surface area contributed by atoms with E-state index < -0.39 is 0 Å². The predicted molar refractivity (Wildman–Crippen MR) is 117 cm³/mol. The van der Waals surface area contributed by atoms with E-state index in [-0.39, 0.29) is 5.60 Å². The molecule has 1 spiro atoms. The zero-order chi connectivity index (χ0) is 20.3. The van der Waals surface area contributed by atoms with Gasteiger partial charge in [-0.2, -0.15) is 0 Å². The van der Waals surface area contributed by atoms with Crippen LogP contribution in [0.4, 0.5) is 0 Å². The van der Waals surface area contributed by atoms with Crippen molar-refractivity contribution in [2.45, 2.75) is 95.7 Å². The summed E-state index contributed by atoms with van der Waals surface area (Å²) in [4.78, 5) is 20.3. The van der Waals surface area contributed by atoms with Crippen molar-refractivity contribution in [3.8, 4) is 0 Å². The maximum absolute atomic E-state index is 12.8. The molecule has 0 aromatic heterocycles. The standard InChI is InChI=1S/C24H43N3O2/c1-20(2)25-13-15-26(16-14-25)22-8-17-29-24(19-22)9-11-27(12-10-24)23(28)18-21-6-4-3-5-7-21/h20-22H,3-19H2,1-2H3/t22-/m1/s1. The Morgan fingerprint density at radius 3 is 2.31 bits per heavy atom. The third-order valence-corrected chi connectivity index (χ3v) is 8.28. The molecule has 0 aromatic rings. The largest absolute Gasteiger partial charge is 0.375 e. The number of piperazine rings is 1. The van der Waals surface area contributed by atoms with Gasteiger partial charge in [0.2, 0.25) is 5.91 Å². The predicted octanol–water partition coefficient (Wildman–Crippen LogP) is 3.52. The molecule has 0 radical (unpaired) electrons. The van der Waals surface area contributed by atoms with Crippen LogP contribution in [0.25, 0.3) is 0 Å². The van der Waals surface area contributed by atoms with Crippen LogP contribution in [-0.4, -0.2) is 84.2 Å². The summed E-state index contributed by atoms with van der Waals surface area (Å²) in [5, 5.41) is 0. The summed E-state index contributed by atoms with van der Waals surface area (Å²) in [6.07, 6.45) is 11.7. The van der Waals surface area contributed by atoms with Crippen LogP contribution < -0.4 is 0 Å². The summed E-state index contributed by atoms with van der Waals surface area (Å²) in [5.74, 6) is 1.05. The Balaban J connectivity index is 1.25. The molecule has 166 valence electrons. The zero-order valence-electron chi connectivity index (χ0n) is 18.9. The van der Waals surface area contributed by atoms with Gasteiger partial charge in [0, 0.05) is 64.4 Å². The number of hydrogen-bond donors (Lipinski definition) is 0. The highest BCUT2D eigenvalue weighted by atomic mass is 16.5. The number of rotatable bonds is 4. The summed E-state index contributed by atoms with van der Waals surface area (Å²) < 4.78 is 6.39. The number of carbonyl (C=O) groups excluding carboxylic acids is 1. The van der Waals surface area contributed by atoms with Gasteiger partial charge in [-0.05, 0) is 58.3 Å². The number of carbonyl (C=O) groups is 1. The normalized spacial score (nSPS) is 30.2. The smallest absolute Gasteiger partial charge is 0.222 e. The Kier molecular flexibility index (Phi) is 7.18. The van der Waals surface area contributed by atoms with Crippen LogP contribution in [0.1, 0.15) is 78.1 Å². The van der Waals surface area contributed by atoms with E-state index in [1.165, 1.54) is 71.1 Å². The third kappa shape index (κ3) is 5.34. The van der Waals surface area contributed by atoms with Crippen LogP contribution in [0.3, 0.4) is 0 Å². The molecule has 4 fully saturated rings. The summed E-state index contributed by atoms with van der Waals surface area (Å²) in [6.45, 7) is 12.1. The fourth-order valence-corrected chi connectivity index (χ4v) is 6.21. The lowest BCUT2D eigenvalue weighted by atomic mass is 9.81. The average Bonchev–Trinajstić information content (AvgIpc) is 2.75. The fraction of sp³-hybridized carbons (Fsp3) is 0.958. The molecule has 0 N–H and O–H groups in total. The van der Waals surface area contributed by atoms with Crippen LogP contribution in [0.15, 0.2) is 0 Å². The molecule has 5 nitrogen and oxygen atoms in total. The van der Waals surface area contributed by atoms with Gasteiger partial charge >= 0.3 is 0 Å². The topological polar surface area (TPSA) is 36.0 Å². The summed E-state index contributed by atoms with van der Waals surface area (Å²) in [6, 6.07) is 1.33. The van der Waals surface area contributed by atoms with Gasteiger partial charge in [0.1, 0.15) is 0 Å². The van der Waals surface area contributed by atoms with Crippen molar-refractivity contribution < 1.29 is 9.53 Å². The highest BCUT2D eigenvalue weighted by Gasteiger charge is 2.43. The van der Waals surface area contributed by atoms with Gasteiger partial charge in [-0.25, -0.2) is 0 Å². The summed E-state index contributed by atoms with van der Waals surface area (Å²) in [5.41, 5.74) is 0.0275. The van der Waals surface area contributed by atoms with Gasteiger partial charge in [-0.15, -0.1) is 0 Å². The van der Waals surface area contributed by atoms with Gasteiger partial charge in [0.05, 0.1) is 5.60 Å². The zero-order valence-corrected chi connectivity index (χ0v) is 18.9. The highest BCUT2D eigenvalue weighted by molar-refractivity contribution is 5.76. The van der Waals surface area contributed by atoms with Crippen LogP contribution in [0, 0.1) is 5.92 Å². The Morgan fingerprint density at radius 2 is 1.66 bits per heavy atom. The second-order valence-corrected chi connectivity index (χ2v) is 10.4. The summed E-state index contributed by atoms with van der Waals surface area (Å²) in [7, 11) is 0. The highest BCUT2D eigenvalue weighted by Crippen LogP contribution is 2.37. The van der Waals surface area contributed by atoms with E-state index in [1.807, 2.05) is 0 Å². The second kappa shape index (κ2) is 9.65. The van der Waals surface area contributed by atoms with E-state index in [0.29, 0.717) is 23.9 Å². The molecule has 0 aromatic carbocycles. The van der Waals surface area contributed by atoms with E-state index in [9.17, 15) is 4.79 Å². The lowest BCUT2D eigenvalue weighted by Gasteiger charge is -2.50. The number of likely N-dealkylation sites (tertiary alicyclic amines) is 1. The molecule has 0 unspecified atom stereocenters. The first-order valence-electron chi connectivity index (χ1n) is 12.4. The van der Waals surface area contributed by atoms with Crippen molar-refractivity contribution in [2.75, 3.05) is 45.9 Å². The molecule has 5 heteroatoms. The minimum absolute atomic E-state index is 0.0275. The number of ether oxygens (including phenoxy) is 1. The Hall–Kier alpha value is -0.650. The minimum Gasteiger partial charge on any atom is -0.375 e. The number of amides is 1. The van der Waals surface area contributed by atoms with Gasteiger partial charge in [0.25, 0.3) is 0 Å². The average molecular weight is 406 g/mol. The molecule has 4 rings (SSSR count). The molecule has 3 saturated heterocycles. The van der Waals surface area contributed by atoms with E-state index >= 15 is 0 Å². The first-order chi connectivity index (χ1) is 14.0. The van der Waals surface area contributed by atoms with Crippen molar-refractivity contribution >= 4 is 5.91 Å². The monoisotopic (exact) mass is 405 g/mol. The van der Waals surface area contributed by atoms with Crippen LogP contribution in [-0.2, 0) is 9.53 Å². The molecule has 1 amide bonds. The van der Waals surface area contributed by atoms with E-state index in [2.05, 4.69) is 28.5 Å². The Labute approximate surface area is 178 Å². The molecule has 4 aliphatic rings. The maximum atomic E-state index is 12.8. The number of nitrogens with zero attached hydrogens (tertiary/aromatic N) is 3. The van der Waals surface area contributed by atoms with Crippen LogP contribution >= 0.6 is 0 Å². The maximum Gasteiger partial charge on any atom is 0.222 e. The quantitative estimate of drug-likeness (QED) is 0.717. The fourth-order valence-electron chi connectivity index (χ4n) is 6.21. The van der Waals surface area contributed by atoms with Crippen molar-refractivity contribution in [3.05, 3.63) is 0 Å². The van der Waals surface area contributed by atoms with Gasteiger partial charge in [-0.1, -0.05) is 19.3 Å². The van der Waals surface area contributed by atoms with Gasteiger partial charge in [0.15, 0.2) is 0 Å². The third-order valence-electron chi connectivity index (χ3n) is 8.28. The van der Waals surface area contributed by atoms with Crippen molar-refractivity contribution in [2.24, 2.45) is 5.92 Å². The lowest BCUT2D eigenvalue weighted by molar-refractivity contribution is -0.151. The molecular formula is C24H43N3O2. The first-order valence-corrected chi connectivity index (χ1v) is 12.4. The molecular weight excluding hydrogens is 362 g/mol. The van der Waals surface area contributed by atoms with Crippen LogP contribution in [0.2, 0.25) is 0 Å². The second-order valence-electron chi connectivity index (χ2n) is 10.4. The molecule has 3 heterocycles. The SMILES string of the molecule is CC(C)N1CCN([C@@H]2CCOC3(CCN(C(=O)CC4CCCCC4)CC3)C2)CC1. The lowest BCUT2D eigenvalue weighted by Crippen LogP contribution is -2.58. The Morgan fingerprint density at radius 1 is 0.966 bits per heavy atom. The van der Waals surface area contributed by atoms with Crippen molar-refractivity contribution in [1.29, 1.82) is 0 Å². The number of hydrogen-bond acceptors (Lipinski definition) is 4. The minimum atomic E-state index is 0.0275.